The fraction of sp³-hybridized carbons (Fsp3) is 0.400. The number of ether oxygens (including phenoxy) is 12. The second-order valence-corrected chi connectivity index (χ2v) is 11.2. The zero-order valence-electron chi connectivity index (χ0n) is 35.2. The summed E-state index contributed by atoms with van der Waals surface area (Å²) in [4.78, 5) is 58.2. The van der Waals surface area contributed by atoms with Crippen LogP contribution < -0.4 is 28.4 Å². The van der Waals surface area contributed by atoms with Gasteiger partial charge in [0.2, 0.25) is 23.5 Å². The Bertz CT molecular complexity index is 1870. The summed E-state index contributed by atoms with van der Waals surface area (Å²) >= 11 is 0. The third kappa shape index (κ3) is 22.2. The fourth-order valence-electron chi connectivity index (χ4n) is 3.89. The topological polar surface area (TPSA) is 271 Å². The predicted octanol–water partition coefficient (Wildman–Crippen LogP) is 3.05. The van der Waals surface area contributed by atoms with Crippen molar-refractivity contribution in [3.8, 4) is 46.5 Å². The minimum absolute atomic E-state index is 0.0619. The fourth-order valence-corrected chi connectivity index (χ4v) is 3.89. The van der Waals surface area contributed by atoms with Crippen LogP contribution in [-0.2, 0) is 28.4 Å². The highest BCUT2D eigenvalue weighted by Gasteiger charge is 2.09. The number of aromatic hydroxyl groups is 2. The summed E-state index contributed by atoms with van der Waals surface area (Å²) in [5, 5.41) is 18.2. The number of hydrogen-bond acceptors (Lipinski definition) is 22. The molecule has 0 aliphatic rings. The van der Waals surface area contributed by atoms with Gasteiger partial charge in [-0.1, -0.05) is 0 Å². The molecular weight excluding hydrogens is 824 g/mol. The van der Waals surface area contributed by atoms with Crippen molar-refractivity contribution in [2.75, 3.05) is 109 Å². The molecule has 22 heteroatoms. The third-order valence-electron chi connectivity index (χ3n) is 6.79. The molecule has 4 heterocycles. The highest BCUT2D eigenvalue weighted by atomic mass is 16.7. The first-order valence-electron chi connectivity index (χ1n) is 18.1. The molecule has 0 aromatic carbocycles. The second kappa shape index (κ2) is 34.2. The third-order valence-corrected chi connectivity index (χ3v) is 6.79. The van der Waals surface area contributed by atoms with E-state index in [1.165, 1.54) is 57.2 Å². The van der Waals surface area contributed by atoms with Gasteiger partial charge in [0, 0.05) is 54.8 Å². The lowest BCUT2D eigenvalue weighted by atomic mass is 10.3. The zero-order chi connectivity index (χ0) is 45.8. The molecule has 0 fully saturated rings. The molecule has 62 heavy (non-hydrogen) atoms. The molecule has 340 valence electrons. The Balaban J connectivity index is 0.000000415. The normalized spacial score (nSPS) is 9.90. The van der Waals surface area contributed by atoms with Crippen LogP contribution in [0.3, 0.4) is 0 Å². The van der Waals surface area contributed by atoms with E-state index in [2.05, 4.69) is 19.9 Å². The largest absolute Gasteiger partial charge is 0.506 e. The molecule has 0 amide bonds. The van der Waals surface area contributed by atoms with Crippen molar-refractivity contribution in [3.63, 3.8) is 0 Å². The molecule has 4 aromatic heterocycles. The SMILES string of the molecule is COCCOc1cc(C=O)c(O)cn1.COCCOc1cc(C=O)c(OCOC)cn1.COCCOc1ncc(O)cc1C=O.COCCOc1ncc(OCOC)cc1C=O. The summed E-state index contributed by atoms with van der Waals surface area (Å²) in [5.41, 5.74) is 1.08. The molecule has 0 spiro atoms. The summed E-state index contributed by atoms with van der Waals surface area (Å²) < 4.78 is 59.8. The number of pyridine rings is 4. The van der Waals surface area contributed by atoms with Crippen molar-refractivity contribution in [2.24, 2.45) is 0 Å². The van der Waals surface area contributed by atoms with Crippen molar-refractivity contribution in [2.45, 2.75) is 0 Å². The molecule has 0 radical (unpaired) electrons. The summed E-state index contributed by atoms with van der Waals surface area (Å²) in [6.45, 7) is 3.29. The number of carbonyl (C=O) groups is 4. The molecule has 4 aromatic rings. The van der Waals surface area contributed by atoms with Gasteiger partial charge >= 0.3 is 0 Å². The first-order chi connectivity index (χ1) is 30.2. The van der Waals surface area contributed by atoms with Crippen LogP contribution in [0.2, 0.25) is 0 Å². The Morgan fingerprint density at radius 2 is 0.887 bits per heavy atom. The van der Waals surface area contributed by atoms with Crippen molar-refractivity contribution in [1.29, 1.82) is 0 Å². The smallest absolute Gasteiger partial charge is 0.224 e. The molecular formula is C40H52N4O18. The van der Waals surface area contributed by atoms with Gasteiger partial charge in [0.15, 0.2) is 44.5 Å². The second-order valence-electron chi connectivity index (χ2n) is 11.2. The minimum atomic E-state index is -0.154. The Morgan fingerprint density at radius 3 is 1.39 bits per heavy atom. The van der Waals surface area contributed by atoms with E-state index in [0.29, 0.717) is 112 Å². The van der Waals surface area contributed by atoms with E-state index in [1.807, 2.05) is 0 Å². The maximum atomic E-state index is 10.8. The van der Waals surface area contributed by atoms with Crippen LogP contribution in [-0.4, -0.2) is 164 Å². The lowest BCUT2D eigenvalue weighted by Gasteiger charge is -2.09. The van der Waals surface area contributed by atoms with Gasteiger partial charge in [0.1, 0.15) is 43.7 Å². The molecule has 22 nitrogen and oxygen atoms in total. The van der Waals surface area contributed by atoms with E-state index in [4.69, 9.17) is 67.1 Å². The van der Waals surface area contributed by atoms with E-state index < -0.39 is 0 Å². The van der Waals surface area contributed by atoms with Crippen molar-refractivity contribution in [3.05, 3.63) is 71.3 Å². The Kier molecular flexibility index (Phi) is 29.5. The van der Waals surface area contributed by atoms with Gasteiger partial charge in [-0.15, -0.1) is 0 Å². The van der Waals surface area contributed by atoms with E-state index >= 15 is 0 Å². The van der Waals surface area contributed by atoms with Crippen LogP contribution in [0.1, 0.15) is 41.4 Å². The van der Waals surface area contributed by atoms with Gasteiger partial charge in [-0.3, -0.25) is 19.2 Å². The van der Waals surface area contributed by atoms with E-state index in [1.54, 1.807) is 34.5 Å². The molecule has 4 rings (SSSR count). The minimum Gasteiger partial charge on any atom is -0.506 e. The Hall–Kier alpha value is -6.56. The van der Waals surface area contributed by atoms with Crippen molar-refractivity contribution >= 4 is 25.1 Å². The predicted molar refractivity (Wildman–Crippen MR) is 216 cm³/mol. The number of aldehydes is 4. The number of methoxy groups -OCH3 is 6. The van der Waals surface area contributed by atoms with Crippen molar-refractivity contribution in [1.82, 2.24) is 19.9 Å². The molecule has 2 N–H and O–H groups in total. The summed E-state index contributed by atoms with van der Waals surface area (Å²) in [6, 6.07) is 5.72. The van der Waals surface area contributed by atoms with Crippen LogP contribution in [0.25, 0.3) is 0 Å². The zero-order valence-corrected chi connectivity index (χ0v) is 35.2. The molecule has 0 bridgehead atoms. The van der Waals surface area contributed by atoms with Gasteiger partial charge in [-0.2, -0.15) is 0 Å². The van der Waals surface area contributed by atoms with Crippen LogP contribution >= 0.6 is 0 Å². The maximum absolute atomic E-state index is 10.8. The Morgan fingerprint density at radius 1 is 0.435 bits per heavy atom. The lowest BCUT2D eigenvalue weighted by Crippen LogP contribution is -2.08. The maximum Gasteiger partial charge on any atom is 0.224 e. The summed E-state index contributed by atoms with van der Waals surface area (Å²) in [6.07, 6.45) is 7.74. The van der Waals surface area contributed by atoms with Gasteiger partial charge in [0.05, 0.1) is 73.5 Å². The first-order valence-corrected chi connectivity index (χ1v) is 18.1. The molecule has 0 saturated carbocycles. The first kappa shape index (κ1) is 53.5. The standard InChI is InChI=1S/2C11H15NO5.2C9H11NO4/c1-14-3-4-16-11-5-9(7-13)10(6-12-11)17-8-15-2;1-14-3-4-16-11-9(7-13)5-10(6-12-11)17-8-15-2;1-13-2-3-14-9-4-7(6-11)8(12)5-10-9;1-13-2-3-14-9-7(6-11)4-8(12)5-10-9/h2*5-7H,3-4,8H2,1-2H3;2*4-6,12H,2-3H2,1H3. The quantitative estimate of drug-likeness (QED) is 0.0521. The highest BCUT2D eigenvalue weighted by Crippen LogP contribution is 2.22. The van der Waals surface area contributed by atoms with Gasteiger partial charge in [0.25, 0.3) is 0 Å². The number of rotatable bonds is 26. The van der Waals surface area contributed by atoms with E-state index in [-0.39, 0.29) is 48.0 Å². The van der Waals surface area contributed by atoms with Crippen molar-refractivity contribution < 1.29 is 86.2 Å². The van der Waals surface area contributed by atoms with Gasteiger partial charge in [-0.25, -0.2) is 19.9 Å². The van der Waals surface area contributed by atoms with Gasteiger partial charge in [-0.05, 0) is 12.1 Å². The van der Waals surface area contributed by atoms with Crippen LogP contribution in [0.5, 0.6) is 46.5 Å². The van der Waals surface area contributed by atoms with Crippen LogP contribution in [0, 0.1) is 0 Å². The van der Waals surface area contributed by atoms with Gasteiger partial charge < -0.3 is 67.1 Å². The lowest BCUT2D eigenvalue weighted by molar-refractivity contribution is 0.0500. The number of carbonyl (C=O) groups excluding carboxylic acids is 4. The van der Waals surface area contributed by atoms with E-state index in [9.17, 15) is 19.2 Å². The molecule has 0 aliphatic carbocycles. The number of hydrogen-bond donors (Lipinski definition) is 2. The summed E-state index contributed by atoms with van der Waals surface area (Å²) in [7, 11) is 9.26. The summed E-state index contributed by atoms with van der Waals surface area (Å²) in [5.74, 6) is 1.71. The molecule has 0 atom stereocenters. The Labute approximate surface area is 357 Å². The average molecular weight is 877 g/mol. The van der Waals surface area contributed by atoms with Crippen LogP contribution in [0.15, 0.2) is 49.1 Å². The molecule has 0 unspecified atom stereocenters. The highest BCUT2D eigenvalue weighted by molar-refractivity contribution is 5.80. The molecule has 0 saturated heterocycles. The van der Waals surface area contributed by atoms with Crippen LogP contribution in [0.4, 0.5) is 0 Å². The number of nitrogens with zero attached hydrogens (tertiary/aromatic N) is 4. The molecule has 0 aliphatic heterocycles. The number of aromatic nitrogens is 4. The average Bonchev–Trinajstić information content (AvgIpc) is 3.30. The monoisotopic (exact) mass is 876 g/mol. The van der Waals surface area contributed by atoms with E-state index in [0.717, 1.165) is 0 Å².